The second-order valence-electron chi connectivity index (χ2n) is 14.9. The Morgan fingerprint density at radius 1 is 0.797 bits per heavy atom. The van der Waals surface area contributed by atoms with Gasteiger partial charge in [-0.1, -0.05) is 0 Å². The first-order valence-corrected chi connectivity index (χ1v) is 20.2. The molecule has 0 spiro atoms. The number of aldehydes is 1. The number of methoxy groups -OCH3 is 4. The minimum Gasteiger partial charge on any atom is -0.479 e. The van der Waals surface area contributed by atoms with Gasteiger partial charge in [0.1, 0.15) is 79.1 Å². The highest BCUT2D eigenvalue weighted by Gasteiger charge is 2.53. The van der Waals surface area contributed by atoms with Crippen molar-refractivity contribution in [1.29, 1.82) is 0 Å². The Morgan fingerprint density at radius 3 is 2.11 bits per heavy atom. The van der Waals surface area contributed by atoms with E-state index < -0.39 is 128 Å². The summed E-state index contributed by atoms with van der Waals surface area (Å²) in [6, 6.07) is -2.00. The molecule has 0 aromatic carbocycles. The smallest absolute Gasteiger partial charge is 0.335 e. The van der Waals surface area contributed by atoms with E-state index in [1.165, 1.54) is 40.5 Å². The molecule has 3 amide bonds. The van der Waals surface area contributed by atoms with E-state index in [1.54, 1.807) is 0 Å². The minimum absolute atomic E-state index is 0.0202. The Balaban J connectivity index is 1.25. The van der Waals surface area contributed by atoms with Gasteiger partial charge in [0.15, 0.2) is 25.0 Å². The van der Waals surface area contributed by atoms with Gasteiger partial charge in [-0.15, -0.1) is 0 Å². The maximum atomic E-state index is 12.6. The topological polar surface area (TPSA) is 372 Å². The van der Waals surface area contributed by atoms with E-state index >= 15 is 0 Å². The Hall–Kier alpha value is -3.88. The number of rotatable bonds is 23. The molecule has 4 heterocycles. The highest BCUT2D eigenvalue weighted by atomic mass is 16.7. The molecule has 0 radical (unpaired) electrons. The van der Waals surface area contributed by atoms with Crippen molar-refractivity contribution in [3.05, 3.63) is 11.8 Å². The van der Waals surface area contributed by atoms with Gasteiger partial charge in [-0.3, -0.25) is 19.8 Å². The van der Waals surface area contributed by atoms with Crippen molar-refractivity contribution in [1.82, 2.24) is 26.9 Å². The van der Waals surface area contributed by atoms with Crippen molar-refractivity contribution in [2.45, 2.75) is 137 Å². The normalized spacial score (nSPS) is 36.7. The molecule has 0 aromatic rings. The van der Waals surface area contributed by atoms with E-state index in [1.807, 2.05) is 0 Å². The van der Waals surface area contributed by atoms with Gasteiger partial charge >= 0.3 is 5.97 Å². The van der Waals surface area contributed by atoms with E-state index in [0.717, 1.165) is 7.11 Å². The predicted molar refractivity (Wildman–Crippen MR) is 210 cm³/mol. The second-order valence-corrected chi connectivity index (χ2v) is 14.9. The van der Waals surface area contributed by atoms with Crippen molar-refractivity contribution in [2.24, 2.45) is 5.10 Å². The molecule has 0 aliphatic carbocycles. The third-order valence-corrected chi connectivity index (χ3v) is 10.5. The lowest BCUT2D eigenvalue weighted by Gasteiger charge is -2.47. The van der Waals surface area contributed by atoms with Crippen molar-refractivity contribution in [2.75, 3.05) is 48.1 Å². The summed E-state index contributed by atoms with van der Waals surface area (Å²) in [6.45, 7) is 0.717. The summed E-state index contributed by atoms with van der Waals surface area (Å²) in [6.07, 6.45) is -17.3. The number of nitrogens with one attached hydrogen (secondary N) is 5. The van der Waals surface area contributed by atoms with Crippen molar-refractivity contribution in [3.63, 3.8) is 0 Å². The van der Waals surface area contributed by atoms with Crippen LogP contribution in [0.4, 0.5) is 0 Å². The molecule has 4 aliphatic rings. The molecule has 4 rings (SSSR count). The Kier molecular flexibility index (Phi) is 21.2. The quantitative estimate of drug-likeness (QED) is 0.0197. The number of unbranched alkanes of at least 4 members (excludes halogenated alkanes) is 1. The van der Waals surface area contributed by atoms with Gasteiger partial charge in [-0.2, -0.15) is 5.10 Å². The molecule has 0 saturated carbocycles. The van der Waals surface area contributed by atoms with Crippen molar-refractivity contribution in [3.8, 4) is 0 Å². The maximum absolute atomic E-state index is 12.6. The van der Waals surface area contributed by atoms with Crippen LogP contribution in [0.1, 0.15) is 32.6 Å². The number of carboxylic acid groups (broad SMARTS) is 1. The van der Waals surface area contributed by atoms with Crippen molar-refractivity contribution < 1.29 is 102 Å². The summed E-state index contributed by atoms with van der Waals surface area (Å²) < 4.78 is 55.3. The first-order valence-electron chi connectivity index (χ1n) is 20.2. The number of aliphatic carboxylic acids is 1. The molecular weight excluding hydrogens is 864 g/mol. The van der Waals surface area contributed by atoms with Crippen LogP contribution in [0, 0.1) is 0 Å². The summed E-state index contributed by atoms with van der Waals surface area (Å²) in [7, 11) is 5.08. The van der Waals surface area contributed by atoms with Crippen LogP contribution < -0.4 is 26.9 Å². The number of hydrazine groups is 1. The molecule has 27 heteroatoms. The molecular formula is C37H60N6O21. The molecule has 3 saturated heterocycles. The number of amides is 3. The van der Waals surface area contributed by atoms with E-state index in [-0.39, 0.29) is 51.1 Å². The van der Waals surface area contributed by atoms with E-state index in [2.05, 4.69) is 32.0 Å². The molecule has 27 nitrogen and oxygen atoms in total. The fourth-order valence-corrected chi connectivity index (χ4v) is 7.22. The average molecular weight is 925 g/mol. The first kappa shape index (κ1) is 52.7. The van der Waals surface area contributed by atoms with Crippen LogP contribution in [0.25, 0.3) is 0 Å². The second kappa shape index (κ2) is 25.7. The third kappa shape index (κ3) is 14.1. The molecule has 3 fully saturated rings. The molecule has 0 aromatic heterocycles. The molecule has 11 N–H and O–H groups in total. The van der Waals surface area contributed by atoms with Gasteiger partial charge in [0.25, 0.3) is 0 Å². The lowest BCUT2D eigenvalue weighted by atomic mass is 9.95. The number of nitrogens with zero attached hydrogens (tertiary/aromatic N) is 1. The van der Waals surface area contributed by atoms with Crippen LogP contribution in [0.3, 0.4) is 0 Å². The average Bonchev–Trinajstić information content (AvgIpc) is 3.26. The molecule has 17 unspecified atom stereocenters. The number of aliphatic hydroxyl groups excluding tert-OH is 5. The third-order valence-electron chi connectivity index (χ3n) is 10.5. The standard InChI is InChI=1S/C37H60N6O21/c1-16(45)41-23-18(61-36-28(51)25(48)20(55-2)15-59-36)12-17(60-34(23)57-4)13-39-42-21(46)8-6-7-9-22(47)43-40-14-19-26(49)30(24(38-10-11-44)35(58-5)62-19)63-37-29(52)27(50)31(56-3)32(64-37)33(53)54/h11-13,18-20,23-32,34-38,40,48-52H,6-10,14-15H2,1-5H3,(H,41,45)(H,42,46)(H,43,47)(H,53,54)/b39-13+. The number of allylic oxidation sites excluding steroid dienone is 1. The Morgan fingerprint density at radius 2 is 1.48 bits per heavy atom. The van der Waals surface area contributed by atoms with Crippen LogP contribution in [-0.4, -0.2) is 219 Å². The Labute approximate surface area is 366 Å². The zero-order valence-corrected chi connectivity index (χ0v) is 35.8. The van der Waals surface area contributed by atoms with Crippen molar-refractivity contribution >= 4 is 36.2 Å². The molecule has 4 aliphatic heterocycles. The van der Waals surface area contributed by atoms with Gasteiger partial charge < -0.3 is 93.4 Å². The van der Waals surface area contributed by atoms with Gasteiger partial charge in [0.2, 0.25) is 24.0 Å². The number of aliphatic hydroxyl groups is 5. The maximum Gasteiger partial charge on any atom is 0.335 e. The number of carboxylic acids is 1. The number of carbonyl (C=O) groups is 5. The van der Waals surface area contributed by atoms with Gasteiger partial charge in [-0.25, -0.2) is 15.6 Å². The summed E-state index contributed by atoms with van der Waals surface area (Å²) in [5, 5.41) is 72.5. The molecule has 364 valence electrons. The van der Waals surface area contributed by atoms with Crippen LogP contribution in [-0.2, 0) is 71.3 Å². The van der Waals surface area contributed by atoms with E-state index in [9.17, 15) is 54.6 Å². The number of hydrazone groups is 1. The molecule has 0 bridgehead atoms. The largest absolute Gasteiger partial charge is 0.479 e. The monoisotopic (exact) mass is 924 g/mol. The van der Waals surface area contributed by atoms with Crippen LogP contribution >= 0.6 is 0 Å². The van der Waals surface area contributed by atoms with E-state index in [4.69, 9.17) is 47.4 Å². The van der Waals surface area contributed by atoms with Gasteiger partial charge in [0, 0.05) is 54.7 Å². The summed E-state index contributed by atoms with van der Waals surface area (Å²) >= 11 is 0. The zero-order valence-electron chi connectivity index (χ0n) is 35.8. The minimum atomic E-state index is -1.82. The number of carbonyl (C=O) groups excluding carboxylic acids is 4. The SMILES string of the molecule is COC1COC(OC2C=C(/C=N/NC(=O)CCCCC(=O)NNCC3OC(OC)C(NCC=O)C(OC4OC(C(=O)O)C(OC)C(O)C4O)C3O)OC(OC)C2NC(C)=O)C(O)C1O. The predicted octanol–water partition coefficient (Wildman–Crippen LogP) is -6.04. The Bertz CT molecular complexity index is 1600. The summed E-state index contributed by atoms with van der Waals surface area (Å²) in [5.41, 5.74) is 7.45. The number of hydrogen-bond acceptors (Lipinski definition) is 23. The summed E-state index contributed by atoms with van der Waals surface area (Å²) in [5.74, 6) is -2.86. The number of hydrogen-bond donors (Lipinski definition) is 11. The van der Waals surface area contributed by atoms with Crippen LogP contribution in [0.2, 0.25) is 0 Å². The fourth-order valence-electron chi connectivity index (χ4n) is 7.22. The lowest BCUT2D eigenvalue weighted by molar-refractivity contribution is -0.338. The molecule has 17 atom stereocenters. The van der Waals surface area contributed by atoms with Gasteiger partial charge in [0.05, 0.1) is 25.4 Å². The zero-order chi connectivity index (χ0) is 47.1. The summed E-state index contributed by atoms with van der Waals surface area (Å²) in [4.78, 5) is 60.1. The highest BCUT2D eigenvalue weighted by Crippen LogP contribution is 2.31. The van der Waals surface area contributed by atoms with Crippen LogP contribution in [0.5, 0.6) is 0 Å². The van der Waals surface area contributed by atoms with Crippen LogP contribution in [0.15, 0.2) is 16.9 Å². The fraction of sp³-hybridized carbons (Fsp3) is 0.784. The highest BCUT2D eigenvalue weighted by molar-refractivity contribution is 5.81. The number of ether oxygens (including phenoxy) is 10. The lowest BCUT2D eigenvalue weighted by Crippen LogP contribution is -2.68. The van der Waals surface area contributed by atoms with Gasteiger partial charge in [-0.05, 0) is 18.9 Å². The van der Waals surface area contributed by atoms with E-state index in [0.29, 0.717) is 6.29 Å². The first-order chi connectivity index (χ1) is 30.6. The molecule has 64 heavy (non-hydrogen) atoms.